The maximum Gasteiger partial charge on any atom is 0.0689 e. The zero-order valence-corrected chi connectivity index (χ0v) is 15.1. The Morgan fingerprint density at radius 3 is 2.29 bits per heavy atom. The van der Waals surface area contributed by atoms with E-state index in [2.05, 4.69) is 87.8 Å². The molecule has 0 fully saturated rings. The van der Waals surface area contributed by atoms with Crippen LogP contribution in [-0.2, 0) is 10.8 Å². The molecule has 2 heteroatoms. The summed E-state index contributed by atoms with van der Waals surface area (Å²) in [7, 11) is 0. The summed E-state index contributed by atoms with van der Waals surface area (Å²) in [5, 5.41) is 4.79. The van der Waals surface area contributed by atoms with E-state index in [0.29, 0.717) is 0 Å². The van der Waals surface area contributed by atoms with Gasteiger partial charge in [-0.2, -0.15) is 5.10 Å². The number of nitrogens with zero attached hydrogens (tertiary/aromatic N) is 2. The fourth-order valence-electron chi connectivity index (χ4n) is 3.94. The van der Waals surface area contributed by atoms with Gasteiger partial charge in [0.05, 0.1) is 17.6 Å². The number of fused-ring (bicyclic) bond motifs is 3. The molecule has 2 nitrogen and oxygen atoms in total. The Bertz CT molecular complexity index is 914. The summed E-state index contributed by atoms with van der Waals surface area (Å²) in [4.78, 5) is 0. The number of benzene rings is 2. The largest absolute Gasteiger partial charge is 0.236 e. The third-order valence-electron chi connectivity index (χ3n) is 6.06. The second-order valence-corrected chi connectivity index (χ2v) is 7.96. The van der Waals surface area contributed by atoms with Crippen LogP contribution in [0.4, 0.5) is 0 Å². The predicted molar refractivity (Wildman–Crippen MR) is 99.8 cm³/mol. The van der Waals surface area contributed by atoms with Gasteiger partial charge >= 0.3 is 0 Å². The summed E-state index contributed by atoms with van der Waals surface area (Å²) in [5.74, 6) is 0. The van der Waals surface area contributed by atoms with Gasteiger partial charge in [-0.15, -0.1) is 0 Å². The van der Waals surface area contributed by atoms with Gasteiger partial charge in [-0.05, 0) is 29.7 Å². The minimum absolute atomic E-state index is 0.0234. The molecule has 24 heavy (non-hydrogen) atoms. The summed E-state index contributed by atoms with van der Waals surface area (Å²) in [6.45, 7) is 11.5. The minimum atomic E-state index is -0.0308. The quantitative estimate of drug-likeness (QED) is 0.586. The highest BCUT2D eigenvalue weighted by molar-refractivity contribution is 5.70. The molecule has 0 radical (unpaired) electrons. The Labute approximate surface area is 144 Å². The van der Waals surface area contributed by atoms with Crippen LogP contribution in [0.3, 0.4) is 0 Å². The van der Waals surface area contributed by atoms with Gasteiger partial charge in [-0.1, -0.05) is 70.2 Å². The molecule has 1 aromatic heterocycles. The van der Waals surface area contributed by atoms with Gasteiger partial charge in [0.1, 0.15) is 0 Å². The third kappa shape index (κ3) is 1.86. The van der Waals surface area contributed by atoms with Crippen molar-refractivity contribution in [2.24, 2.45) is 0 Å². The zero-order chi connectivity index (χ0) is 17.1. The molecular formula is C22H24N2. The van der Waals surface area contributed by atoms with Crippen molar-refractivity contribution in [3.63, 3.8) is 0 Å². The number of aromatic nitrogens is 2. The van der Waals surface area contributed by atoms with Crippen molar-refractivity contribution in [3.05, 3.63) is 71.5 Å². The van der Waals surface area contributed by atoms with E-state index in [1.54, 1.807) is 0 Å². The first kappa shape index (κ1) is 15.2. The molecule has 0 N–H and O–H groups in total. The summed E-state index contributed by atoms with van der Waals surface area (Å²) in [6, 6.07) is 17.4. The van der Waals surface area contributed by atoms with Crippen molar-refractivity contribution in [2.75, 3.05) is 0 Å². The number of aryl methyl sites for hydroxylation is 1. The molecule has 4 rings (SSSR count). The van der Waals surface area contributed by atoms with Crippen LogP contribution in [0.15, 0.2) is 54.7 Å². The zero-order valence-electron chi connectivity index (χ0n) is 15.1. The summed E-state index contributed by atoms with van der Waals surface area (Å²) in [5.41, 5.74) is 7.63. The van der Waals surface area contributed by atoms with Crippen molar-refractivity contribution >= 4 is 0 Å². The Kier molecular flexibility index (Phi) is 3.05. The van der Waals surface area contributed by atoms with Crippen molar-refractivity contribution < 1.29 is 0 Å². The average molecular weight is 316 g/mol. The first-order valence-corrected chi connectivity index (χ1v) is 8.59. The lowest BCUT2D eigenvalue weighted by Gasteiger charge is -2.47. The highest BCUT2D eigenvalue weighted by Gasteiger charge is 2.48. The smallest absolute Gasteiger partial charge is 0.0689 e. The van der Waals surface area contributed by atoms with E-state index in [1.165, 1.54) is 33.6 Å². The fraction of sp³-hybridized carbons (Fsp3) is 0.318. The highest BCUT2D eigenvalue weighted by Crippen LogP contribution is 2.52. The molecule has 2 heterocycles. The van der Waals surface area contributed by atoms with Crippen molar-refractivity contribution in [3.8, 4) is 16.8 Å². The van der Waals surface area contributed by atoms with Crippen LogP contribution in [0.5, 0.6) is 0 Å². The second kappa shape index (κ2) is 4.83. The Hall–Kier alpha value is -2.35. The van der Waals surface area contributed by atoms with Gasteiger partial charge in [0.2, 0.25) is 0 Å². The molecule has 0 aliphatic carbocycles. The van der Waals surface area contributed by atoms with Crippen LogP contribution < -0.4 is 0 Å². The van der Waals surface area contributed by atoms with Crippen LogP contribution >= 0.6 is 0 Å². The van der Waals surface area contributed by atoms with Gasteiger partial charge < -0.3 is 0 Å². The van der Waals surface area contributed by atoms with Gasteiger partial charge in [0.15, 0.2) is 0 Å². The number of rotatable bonds is 1. The molecule has 3 aromatic rings. The van der Waals surface area contributed by atoms with Crippen molar-refractivity contribution in [2.45, 2.75) is 45.4 Å². The molecule has 0 spiro atoms. The van der Waals surface area contributed by atoms with E-state index in [-0.39, 0.29) is 10.8 Å². The minimum Gasteiger partial charge on any atom is -0.236 e. The van der Waals surface area contributed by atoms with Gasteiger partial charge in [-0.3, -0.25) is 0 Å². The Morgan fingerprint density at radius 2 is 1.58 bits per heavy atom. The van der Waals surface area contributed by atoms with Crippen molar-refractivity contribution in [1.82, 2.24) is 9.78 Å². The Balaban J connectivity index is 2.08. The first-order chi connectivity index (χ1) is 11.3. The molecule has 0 bridgehead atoms. The maximum atomic E-state index is 4.79. The third-order valence-corrected chi connectivity index (χ3v) is 6.06. The normalized spacial score (nSPS) is 17.2. The number of hydrogen-bond acceptors (Lipinski definition) is 1. The molecule has 2 aromatic carbocycles. The molecule has 1 aliphatic rings. The van der Waals surface area contributed by atoms with E-state index in [1.807, 2.05) is 6.20 Å². The van der Waals surface area contributed by atoms with Crippen LogP contribution in [0, 0.1) is 6.92 Å². The monoisotopic (exact) mass is 316 g/mol. The van der Waals surface area contributed by atoms with Crippen LogP contribution in [0.2, 0.25) is 0 Å². The first-order valence-electron chi connectivity index (χ1n) is 8.59. The van der Waals surface area contributed by atoms with Crippen LogP contribution in [-0.4, -0.2) is 9.78 Å². The van der Waals surface area contributed by atoms with Crippen LogP contribution in [0.25, 0.3) is 16.8 Å². The topological polar surface area (TPSA) is 17.8 Å². The molecular weight excluding hydrogens is 292 g/mol. The molecule has 0 atom stereocenters. The van der Waals surface area contributed by atoms with E-state index in [4.69, 9.17) is 5.10 Å². The maximum absolute atomic E-state index is 4.79. The van der Waals surface area contributed by atoms with Crippen LogP contribution in [0.1, 0.15) is 44.5 Å². The lowest BCUT2D eigenvalue weighted by molar-refractivity contribution is 0.276. The van der Waals surface area contributed by atoms with E-state index in [0.717, 1.165) is 0 Å². The van der Waals surface area contributed by atoms with Gasteiger partial charge in [-0.25, -0.2) is 4.68 Å². The molecule has 122 valence electrons. The average Bonchev–Trinajstić information content (AvgIpc) is 3.00. The lowest BCUT2D eigenvalue weighted by Crippen LogP contribution is -2.46. The SMILES string of the molecule is Cc1ccc2c(c1)-n1ncc(-c3ccccc3)c1C(C)(C)C2(C)C. The molecule has 0 saturated heterocycles. The molecule has 0 saturated carbocycles. The molecule has 0 unspecified atom stereocenters. The second-order valence-electron chi connectivity index (χ2n) is 7.96. The molecule has 1 aliphatic heterocycles. The van der Waals surface area contributed by atoms with E-state index in [9.17, 15) is 0 Å². The predicted octanol–water partition coefficient (Wildman–Crippen LogP) is 5.42. The number of hydrogen-bond donors (Lipinski definition) is 0. The van der Waals surface area contributed by atoms with E-state index < -0.39 is 0 Å². The summed E-state index contributed by atoms with van der Waals surface area (Å²) >= 11 is 0. The standard InChI is InChI=1S/C22H24N2/c1-15-11-12-18-19(13-15)24-20(22(4,5)21(18,2)3)17(14-23-24)16-9-7-6-8-10-16/h6-14H,1-5H3. The van der Waals surface area contributed by atoms with E-state index >= 15 is 0 Å². The molecule has 0 amide bonds. The van der Waals surface area contributed by atoms with Gasteiger partial charge in [0, 0.05) is 16.4 Å². The summed E-state index contributed by atoms with van der Waals surface area (Å²) in [6.07, 6.45) is 2.03. The highest BCUT2D eigenvalue weighted by atomic mass is 15.3. The Morgan fingerprint density at radius 1 is 0.875 bits per heavy atom. The summed E-state index contributed by atoms with van der Waals surface area (Å²) < 4.78 is 2.16. The van der Waals surface area contributed by atoms with Crippen molar-refractivity contribution in [1.29, 1.82) is 0 Å². The van der Waals surface area contributed by atoms with Gasteiger partial charge in [0.25, 0.3) is 0 Å². The fourth-order valence-corrected chi connectivity index (χ4v) is 3.94. The lowest BCUT2D eigenvalue weighted by atomic mass is 9.59.